The average molecular weight is 333 g/mol. The molecule has 2 aromatic carbocycles. The van der Waals surface area contributed by atoms with E-state index in [1.54, 1.807) is 12.1 Å². The second-order valence-electron chi connectivity index (χ2n) is 5.03. The summed E-state index contributed by atoms with van der Waals surface area (Å²) in [6.07, 6.45) is 0.726. The lowest BCUT2D eigenvalue weighted by atomic mass is 10.1. The summed E-state index contributed by atoms with van der Waals surface area (Å²) in [7, 11) is 0. The number of carbonyl (C=O) groups excluding carboxylic acids is 1. The highest BCUT2D eigenvalue weighted by Gasteiger charge is 2.13. The van der Waals surface area contributed by atoms with E-state index < -0.39 is 0 Å². The normalized spacial score (nSPS) is 12.2. The maximum Gasteiger partial charge on any atom is 0.231 e. The van der Waals surface area contributed by atoms with Gasteiger partial charge in [0.25, 0.3) is 0 Å². The largest absolute Gasteiger partial charge is 0.454 e. The molecule has 3 rings (SSSR count). The van der Waals surface area contributed by atoms with Crippen molar-refractivity contribution < 1.29 is 18.7 Å². The van der Waals surface area contributed by atoms with Crippen molar-refractivity contribution >= 4 is 17.7 Å². The molecule has 120 valence electrons. The average Bonchev–Trinajstić information content (AvgIpc) is 3.02. The van der Waals surface area contributed by atoms with Gasteiger partial charge in [0.1, 0.15) is 5.82 Å². The Kier molecular flexibility index (Phi) is 5.02. The van der Waals surface area contributed by atoms with Crippen LogP contribution < -0.4 is 14.8 Å². The molecule has 0 radical (unpaired) electrons. The quantitative estimate of drug-likeness (QED) is 0.826. The lowest BCUT2D eigenvalue weighted by molar-refractivity contribution is -0.118. The first-order chi connectivity index (χ1) is 11.2. The summed E-state index contributed by atoms with van der Waals surface area (Å²) in [6, 6.07) is 11.9. The van der Waals surface area contributed by atoms with Crippen LogP contribution in [0.3, 0.4) is 0 Å². The highest BCUT2D eigenvalue weighted by molar-refractivity contribution is 8.00. The van der Waals surface area contributed by atoms with E-state index in [4.69, 9.17) is 9.47 Å². The Labute approximate surface area is 138 Å². The van der Waals surface area contributed by atoms with E-state index >= 15 is 0 Å². The summed E-state index contributed by atoms with van der Waals surface area (Å²) in [4.78, 5) is 12.7. The van der Waals surface area contributed by atoms with Gasteiger partial charge in [0.05, 0.1) is 5.75 Å². The summed E-state index contributed by atoms with van der Waals surface area (Å²) in [5.41, 5.74) is 1.08. The zero-order valence-corrected chi connectivity index (χ0v) is 13.2. The number of thioether (sulfide) groups is 1. The summed E-state index contributed by atoms with van der Waals surface area (Å²) in [6.45, 7) is 0.818. The van der Waals surface area contributed by atoms with Gasteiger partial charge in [-0.2, -0.15) is 0 Å². The molecule has 0 saturated carbocycles. The van der Waals surface area contributed by atoms with E-state index in [2.05, 4.69) is 5.32 Å². The van der Waals surface area contributed by atoms with Gasteiger partial charge in [-0.15, -0.1) is 11.8 Å². The maximum atomic E-state index is 12.8. The zero-order valence-electron chi connectivity index (χ0n) is 12.4. The van der Waals surface area contributed by atoms with Crippen molar-refractivity contribution in [2.45, 2.75) is 11.3 Å². The fourth-order valence-electron chi connectivity index (χ4n) is 2.17. The predicted octanol–water partition coefficient (Wildman–Crippen LogP) is 3.01. The molecular weight excluding hydrogens is 317 g/mol. The number of ether oxygens (including phenoxy) is 2. The molecule has 0 spiro atoms. The Morgan fingerprint density at radius 3 is 2.74 bits per heavy atom. The molecule has 1 N–H and O–H groups in total. The van der Waals surface area contributed by atoms with Crippen LogP contribution in [0.1, 0.15) is 5.56 Å². The summed E-state index contributed by atoms with van der Waals surface area (Å²) < 4.78 is 23.4. The van der Waals surface area contributed by atoms with Crippen LogP contribution in [0.4, 0.5) is 4.39 Å². The molecule has 1 heterocycles. The molecule has 0 aromatic heterocycles. The Hall–Kier alpha value is -2.21. The van der Waals surface area contributed by atoms with Crippen molar-refractivity contribution in [3.05, 3.63) is 53.8 Å². The maximum absolute atomic E-state index is 12.8. The van der Waals surface area contributed by atoms with Crippen LogP contribution in [0.25, 0.3) is 0 Å². The standard InChI is InChI=1S/C17H16FNO3S/c18-13-2-4-14(5-3-13)23-10-17(20)19-8-7-12-1-6-15-16(9-12)22-11-21-15/h1-6,9H,7-8,10-11H2,(H,19,20). The van der Waals surface area contributed by atoms with Crippen LogP contribution in [0, 0.1) is 5.82 Å². The third-order valence-corrected chi connectivity index (χ3v) is 4.37. The lowest BCUT2D eigenvalue weighted by Crippen LogP contribution is -2.27. The first-order valence-corrected chi connectivity index (χ1v) is 8.23. The van der Waals surface area contributed by atoms with E-state index in [1.807, 2.05) is 18.2 Å². The second-order valence-corrected chi connectivity index (χ2v) is 6.08. The molecule has 0 aliphatic carbocycles. The first kappa shape index (κ1) is 15.7. The fourth-order valence-corrected chi connectivity index (χ4v) is 2.90. The van der Waals surface area contributed by atoms with Gasteiger partial charge in [0, 0.05) is 11.4 Å². The first-order valence-electron chi connectivity index (χ1n) is 7.24. The van der Waals surface area contributed by atoms with Crippen LogP contribution >= 0.6 is 11.8 Å². The fraction of sp³-hybridized carbons (Fsp3) is 0.235. The van der Waals surface area contributed by atoms with Crippen LogP contribution in [0.2, 0.25) is 0 Å². The topological polar surface area (TPSA) is 47.6 Å². The van der Waals surface area contributed by atoms with Crippen molar-refractivity contribution in [1.82, 2.24) is 5.32 Å². The van der Waals surface area contributed by atoms with Gasteiger partial charge in [-0.1, -0.05) is 6.07 Å². The highest BCUT2D eigenvalue weighted by Crippen LogP contribution is 2.32. The van der Waals surface area contributed by atoms with Gasteiger partial charge in [0.2, 0.25) is 12.7 Å². The van der Waals surface area contributed by atoms with E-state index in [1.165, 1.54) is 23.9 Å². The van der Waals surface area contributed by atoms with Crippen molar-refractivity contribution in [3.63, 3.8) is 0 Å². The number of hydrogen-bond acceptors (Lipinski definition) is 4. The lowest BCUT2D eigenvalue weighted by Gasteiger charge is -2.06. The van der Waals surface area contributed by atoms with Crippen LogP contribution in [-0.2, 0) is 11.2 Å². The number of carbonyl (C=O) groups is 1. The van der Waals surface area contributed by atoms with Crippen LogP contribution in [0.5, 0.6) is 11.5 Å². The monoisotopic (exact) mass is 333 g/mol. The molecule has 1 aliphatic heterocycles. The Bertz CT molecular complexity index is 691. The molecule has 0 fully saturated rings. The van der Waals surface area contributed by atoms with Crippen molar-refractivity contribution in [2.24, 2.45) is 0 Å². The minimum absolute atomic E-state index is 0.0416. The van der Waals surface area contributed by atoms with Gasteiger partial charge < -0.3 is 14.8 Å². The minimum Gasteiger partial charge on any atom is -0.454 e. The highest BCUT2D eigenvalue weighted by atomic mass is 32.2. The molecule has 0 atom stereocenters. The van der Waals surface area contributed by atoms with E-state index in [0.717, 1.165) is 28.4 Å². The van der Waals surface area contributed by atoms with Crippen molar-refractivity contribution in [3.8, 4) is 11.5 Å². The number of amides is 1. The summed E-state index contributed by atoms with van der Waals surface area (Å²) in [5.74, 6) is 1.50. The molecule has 6 heteroatoms. The number of halogens is 1. The van der Waals surface area contributed by atoms with Gasteiger partial charge in [-0.3, -0.25) is 4.79 Å². The van der Waals surface area contributed by atoms with E-state index in [-0.39, 0.29) is 18.5 Å². The van der Waals surface area contributed by atoms with Gasteiger partial charge in [-0.25, -0.2) is 4.39 Å². The Morgan fingerprint density at radius 2 is 1.91 bits per heavy atom. The van der Waals surface area contributed by atoms with Crippen LogP contribution in [0.15, 0.2) is 47.4 Å². The van der Waals surface area contributed by atoms with Gasteiger partial charge >= 0.3 is 0 Å². The minimum atomic E-state index is -0.275. The number of fused-ring (bicyclic) bond motifs is 1. The zero-order chi connectivity index (χ0) is 16.1. The molecule has 4 nitrogen and oxygen atoms in total. The van der Waals surface area contributed by atoms with E-state index in [0.29, 0.717) is 12.3 Å². The van der Waals surface area contributed by atoms with Gasteiger partial charge in [-0.05, 0) is 48.4 Å². The van der Waals surface area contributed by atoms with Gasteiger partial charge in [0.15, 0.2) is 11.5 Å². The molecule has 2 aromatic rings. The summed E-state index contributed by atoms with van der Waals surface area (Å²) >= 11 is 1.38. The molecule has 0 unspecified atom stereocenters. The Morgan fingerprint density at radius 1 is 1.13 bits per heavy atom. The molecule has 0 saturated heterocycles. The Balaban J connectivity index is 1.40. The number of benzene rings is 2. The second kappa shape index (κ2) is 7.37. The predicted molar refractivity (Wildman–Crippen MR) is 86.4 cm³/mol. The van der Waals surface area contributed by atoms with Crippen molar-refractivity contribution in [2.75, 3.05) is 19.1 Å². The number of hydrogen-bond donors (Lipinski definition) is 1. The number of nitrogens with one attached hydrogen (secondary N) is 1. The molecule has 1 aliphatic rings. The van der Waals surface area contributed by atoms with E-state index in [9.17, 15) is 9.18 Å². The molecule has 1 amide bonds. The smallest absolute Gasteiger partial charge is 0.231 e. The molecule has 0 bridgehead atoms. The third kappa shape index (κ3) is 4.39. The van der Waals surface area contributed by atoms with Crippen LogP contribution in [-0.4, -0.2) is 25.0 Å². The molecule has 23 heavy (non-hydrogen) atoms. The third-order valence-electron chi connectivity index (χ3n) is 3.36. The van der Waals surface area contributed by atoms with Crippen molar-refractivity contribution in [1.29, 1.82) is 0 Å². The summed E-state index contributed by atoms with van der Waals surface area (Å²) in [5, 5.41) is 2.87. The molecular formula is C17H16FNO3S. The SMILES string of the molecule is O=C(CSc1ccc(F)cc1)NCCc1ccc2c(c1)OCO2. The number of rotatable bonds is 6.